The molecule has 0 saturated carbocycles. The quantitative estimate of drug-likeness (QED) is 0.791. The number of thiol groups is 1. The van der Waals surface area contributed by atoms with Gasteiger partial charge in [0.15, 0.2) is 0 Å². The Morgan fingerprint density at radius 3 is 1.59 bits per heavy atom. The van der Waals surface area contributed by atoms with Crippen LogP contribution in [0.1, 0.15) is 17.5 Å². The Hall–Kier alpha value is -1.25. The van der Waals surface area contributed by atoms with Crippen molar-refractivity contribution < 1.29 is 5.11 Å². The Balaban J connectivity index is 2.47. The van der Waals surface area contributed by atoms with E-state index in [1.165, 1.54) is 0 Å². The van der Waals surface area contributed by atoms with Crippen molar-refractivity contribution in [2.45, 2.75) is 11.2 Å². The van der Waals surface area contributed by atoms with Gasteiger partial charge in [0.05, 0.1) is 4.75 Å². The van der Waals surface area contributed by atoms with Gasteiger partial charge >= 0.3 is 0 Å². The Kier molecular flexibility index (Phi) is 3.87. The van der Waals surface area contributed by atoms with Gasteiger partial charge in [-0.1, -0.05) is 60.7 Å². The van der Waals surface area contributed by atoms with E-state index in [9.17, 15) is 5.11 Å². The van der Waals surface area contributed by atoms with Crippen LogP contribution in [0, 0.1) is 0 Å². The molecule has 0 spiro atoms. The summed E-state index contributed by atoms with van der Waals surface area (Å²) in [5.41, 5.74) is 2.23. The van der Waals surface area contributed by atoms with E-state index in [1.807, 2.05) is 36.4 Å². The van der Waals surface area contributed by atoms with Gasteiger partial charge in [-0.05, 0) is 17.5 Å². The molecule has 0 heterocycles. The molecule has 0 unspecified atom stereocenters. The van der Waals surface area contributed by atoms with Gasteiger partial charge in [0, 0.05) is 6.61 Å². The summed E-state index contributed by atoms with van der Waals surface area (Å²) < 4.78 is -0.419. The highest BCUT2D eigenvalue weighted by Crippen LogP contribution is 2.38. The van der Waals surface area contributed by atoms with Crippen molar-refractivity contribution in [3.05, 3.63) is 71.8 Å². The van der Waals surface area contributed by atoms with Gasteiger partial charge in [-0.2, -0.15) is 12.6 Å². The summed E-state index contributed by atoms with van der Waals surface area (Å²) in [6, 6.07) is 20.2. The number of benzene rings is 2. The molecule has 0 aliphatic rings. The molecule has 0 amide bonds. The molecule has 2 heteroatoms. The first-order valence-electron chi connectivity index (χ1n) is 5.71. The van der Waals surface area contributed by atoms with Gasteiger partial charge in [0.2, 0.25) is 0 Å². The van der Waals surface area contributed by atoms with Gasteiger partial charge in [-0.15, -0.1) is 0 Å². The first-order valence-corrected chi connectivity index (χ1v) is 6.16. The number of hydrogen-bond acceptors (Lipinski definition) is 2. The SMILES string of the molecule is OCCC(S)(c1ccccc1)c1ccccc1. The van der Waals surface area contributed by atoms with Gasteiger partial charge in [-0.3, -0.25) is 0 Å². The lowest BCUT2D eigenvalue weighted by Gasteiger charge is -2.29. The highest BCUT2D eigenvalue weighted by atomic mass is 32.1. The van der Waals surface area contributed by atoms with Crippen LogP contribution in [0.2, 0.25) is 0 Å². The molecule has 0 fully saturated rings. The number of aliphatic hydroxyl groups excluding tert-OH is 1. The fourth-order valence-electron chi connectivity index (χ4n) is 2.04. The molecular formula is C15H16OS. The lowest BCUT2D eigenvalue weighted by molar-refractivity contribution is 0.276. The van der Waals surface area contributed by atoms with Crippen molar-refractivity contribution in [1.82, 2.24) is 0 Å². The largest absolute Gasteiger partial charge is 0.396 e. The van der Waals surface area contributed by atoms with Gasteiger partial charge in [0.25, 0.3) is 0 Å². The lowest BCUT2D eigenvalue weighted by atomic mass is 9.87. The highest BCUT2D eigenvalue weighted by Gasteiger charge is 2.29. The van der Waals surface area contributed by atoms with E-state index in [1.54, 1.807) is 0 Å². The van der Waals surface area contributed by atoms with Crippen molar-refractivity contribution in [3.8, 4) is 0 Å². The lowest BCUT2D eigenvalue weighted by Crippen LogP contribution is -2.22. The van der Waals surface area contributed by atoms with Crippen LogP contribution in [0.15, 0.2) is 60.7 Å². The summed E-state index contributed by atoms with van der Waals surface area (Å²) in [6.45, 7) is 0.118. The third-order valence-corrected chi connectivity index (χ3v) is 3.72. The summed E-state index contributed by atoms with van der Waals surface area (Å²) in [5.74, 6) is 0. The second kappa shape index (κ2) is 5.39. The van der Waals surface area contributed by atoms with Gasteiger partial charge in [-0.25, -0.2) is 0 Å². The molecule has 1 N–H and O–H groups in total. The van der Waals surface area contributed by atoms with Crippen LogP contribution < -0.4 is 0 Å². The molecule has 0 radical (unpaired) electrons. The van der Waals surface area contributed by atoms with E-state index in [-0.39, 0.29) is 6.61 Å². The van der Waals surface area contributed by atoms with Crippen LogP contribution in [0.3, 0.4) is 0 Å². The zero-order chi connectivity index (χ0) is 12.1. The minimum atomic E-state index is -0.419. The van der Waals surface area contributed by atoms with Crippen LogP contribution in [0.5, 0.6) is 0 Å². The van der Waals surface area contributed by atoms with Crippen molar-refractivity contribution in [2.75, 3.05) is 6.61 Å². The van der Waals surface area contributed by atoms with Gasteiger partial charge < -0.3 is 5.11 Å². The number of aliphatic hydroxyl groups is 1. The maximum absolute atomic E-state index is 9.28. The molecule has 17 heavy (non-hydrogen) atoms. The highest BCUT2D eigenvalue weighted by molar-refractivity contribution is 7.81. The summed E-state index contributed by atoms with van der Waals surface area (Å²) in [4.78, 5) is 0. The monoisotopic (exact) mass is 244 g/mol. The number of hydrogen-bond donors (Lipinski definition) is 2. The number of rotatable bonds is 4. The van der Waals surface area contributed by atoms with Crippen molar-refractivity contribution >= 4 is 12.6 Å². The van der Waals surface area contributed by atoms with E-state index < -0.39 is 4.75 Å². The molecule has 2 aromatic rings. The average molecular weight is 244 g/mol. The fraction of sp³-hybridized carbons (Fsp3) is 0.200. The molecule has 2 aromatic carbocycles. The Morgan fingerprint density at radius 1 is 0.824 bits per heavy atom. The Bertz CT molecular complexity index is 413. The van der Waals surface area contributed by atoms with Crippen LogP contribution in [0.4, 0.5) is 0 Å². The summed E-state index contributed by atoms with van der Waals surface area (Å²) >= 11 is 4.82. The topological polar surface area (TPSA) is 20.2 Å². The summed E-state index contributed by atoms with van der Waals surface area (Å²) in [5, 5.41) is 9.28. The molecular weight excluding hydrogens is 228 g/mol. The average Bonchev–Trinajstić information content (AvgIpc) is 2.41. The third-order valence-electron chi connectivity index (χ3n) is 2.98. The van der Waals surface area contributed by atoms with E-state index >= 15 is 0 Å². The summed E-state index contributed by atoms with van der Waals surface area (Å²) in [7, 11) is 0. The predicted molar refractivity (Wildman–Crippen MR) is 74.4 cm³/mol. The van der Waals surface area contributed by atoms with E-state index in [0.717, 1.165) is 11.1 Å². The van der Waals surface area contributed by atoms with Crippen LogP contribution in [0.25, 0.3) is 0 Å². The maximum Gasteiger partial charge on any atom is 0.0648 e. The van der Waals surface area contributed by atoms with Crippen LogP contribution >= 0.6 is 12.6 Å². The predicted octanol–water partition coefficient (Wildman–Crippen LogP) is 3.24. The van der Waals surface area contributed by atoms with Crippen molar-refractivity contribution in [1.29, 1.82) is 0 Å². The van der Waals surface area contributed by atoms with Crippen LogP contribution in [-0.2, 0) is 4.75 Å². The molecule has 1 nitrogen and oxygen atoms in total. The molecule has 0 aliphatic heterocycles. The van der Waals surface area contributed by atoms with Crippen molar-refractivity contribution in [2.24, 2.45) is 0 Å². The zero-order valence-corrected chi connectivity index (χ0v) is 10.5. The second-order valence-electron chi connectivity index (χ2n) is 4.07. The Morgan fingerprint density at radius 2 is 1.24 bits per heavy atom. The maximum atomic E-state index is 9.28. The first-order chi connectivity index (χ1) is 8.27. The first kappa shape index (κ1) is 12.2. The molecule has 0 aliphatic carbocycles. The molecule has 2 rings (SSSR count). The molecule has 0 saturated heterocycles. The minimum absolute atomic E-state index is 0.118. The van der Waals surface area contributed by atoms with E-state index in [0.29, 0.717) is 6.42 Å². The molecule has 88 valence electrons. The standard InChI is InChI=1S/C15H16OS/c16-12-11-15(17,13-7-3-1-4-8-13)14-9-5-2-6-10-14/h1-10,16-17H,11-12H2. The zero-order valence-electron chi connectivity index (χ0n) is 9.58. The van der Waals surface area contributed by atoms with Crippen molar-refractivity contribution in [3.63, 3.8) is 0 Å². The fourth-order valence-corrected chi connectivity index (χ4v) is 2.44. The molecule has 0 aromatic heterocycles. The molecule has 0 bridgehead atoms. The summed E-state index contributed by atoms with van der Waals surface area (Å²) in [6.07, 6.45) is 0.601. The van der Waals surface area contributed by atoms with Gasteiger partial charge in [0.1, 0.15) is 0 Å². The van der Waals surface area contributed by atoms with E-state index in [2.05, 4.69) is 24.3 Å². The second-order valence-corrected chi connectivity index (χ2v) is 4.83. The minimum Gasteiger partial charge on any atom is -0.396 e. The van der Waals surface area contributed by atoms with Crippen LogP contribution in [-0.4, -0.2) is 11.7 Å². The Labute approximate surface area is 108 Å². The normalized spacial score (nSPS) is 11.4. The smallest absolute Gasteiger partial charge is 0.0648 e. The third kappa shape index (κ3) is 2.54. The van der Waals surface area contributed by atoms with E-state index in [4.69, 9.17) is 12.6 Å². The molecule has 0 atom stereocenters.